The molecule has 0 spiro atoms. The maximum atomic E-state index is 13.6. The smallest absolute Gasteiger partial charge is 0.316 e. The number of allylic oxidation sites excluding steroid dienone is 2. The van der Waals surface area contributed by atoms with Gasteiger partial charge in [-0.2, -0.15) is 0 Å². The van der Waals surface area contributed by atoms with E-state index in [9.17, 15) is 9.59 Å². The van der Waals surface area contributed by atoms with Crippen LogP contribution in [-0.4, -0.2) is 25.0 Å². The summed E-state index contributed by atoms with van der Waals surface area (Å²) in [5, 5.41) is 3.89. The third kappa shape index (κ3) is 4.55. The van der Waals surface area contributed by atoms with Crippen molar-refractivity contribution in [3.8, 4) is 5.75 Å². The Kier molecular flexibility index (Phi) is 6.61. The molecule has 1 N–H and O–H groups in total. The maximum Gasteiger partial charge on any atom is 0.316 e. The molecule has 0 amide bonds. The van der Waals surface area contributed by atoms with Crippen molar-refractivity contribution in [2.75, 3.05) is 7.11 Å². The number of hydrogen-bond acceptors (Lipinski definition) is 5. The van der Waals surface area contributed by atoms with E-state index in [2.05, 4.69) is 11.9 Å². The van der Waals surface area contributed by atoms with Crippen LogP contribution in [-0.2, 0) is 14.3 Å². The van der Waals surface area contributed by atoms with Crippen molar-refractivity contribution >= 4 is 23.4 Å². The molecule has 1 heterocycles. The van der Waals surface area contributed by atoms with Crippen LogP contribution in [0, 0.1) is 5.92 Å². The highest BCUT2D eigenvalue weighted by Gasteiger charge is 2.45. The number of carbonyl (C=O) groups is 2. The van der Waals surface area contributed by atoms with Gasteiger partial charge >= 0.3 is 5.97 Å². The molecule has 6 heteroatoms. The molecule has 4 rings (SSSR count). The van der Waals surface area contributed by atoms with E-state index in [1.165, 1.54) is 0 Å². The first-order chi connectivity index (χ1) is 15.8. The van der Waals surface area contributed by atoms with Crippen molar-refractivity contribution < 1.29 is 19.1 Å². The summed E-state index contributed by atoms with van der Waals surface area (Å²) in [6.07, 6.45) is 0.684. The Bertz CT molecular complexity index is 1120. The molecular weight excluding hydrogens is 438 g/mol. The van der Waals surface area contributed by atoms with Crippen LogP contribution in [0.4, 0.5) is 0 Å². The second-order valence-corrected chi connectivity index (χ2v) is 9.24. The van der Waals surface area contributed by atoms with Crippen LogP contribution in [0.5, 0.6) is 5.75 Å². The zero-order valence-electron chi connectivity index (χ0n) is 19.1. The van der Waals surface area contributed by atoms with E-state index in [0.29, 0.717) is 29.1 Å². The van der Waals surface area contributed by atoms with E-state index < -0.39 is 17.8 Å². The van der Waals surface area contributed by atoms with Gasteiger partial charge in [0.1, 0.15) is 11.7 Å². The van der Waals surface area contributed by atoms with Crippen molar-refractivity contribution in [1.29, 1.82) is 0 Å². The highest BCUT2D eigenvalue weighted by molar-refractivity contribution is 6.30. The second kappa shape index (κ2) is 9.44. The van der Waals surface area contributed by atoms with Crippen molar-refractivity contribution in [3.05, 3.63) is 88.2 Å². The topological polar surface area (TPSA) is 64.6 Å². The molecule has 0 saturated carbocycles. The predicted molar refractivity (Wildman–Crippen MR) is 128 cm³/mol. The van der Waals surface area contributed by atoms with Gasteiger partial charge in [0.25, 0.3) is 0 Å². The molecule has 0 radical (unpaired) electrons. The average molecular weight is 466 g/mol. The quantitative estimate of drug-likeness (QED) is 0.589. The summed E-state index contributed by atoms with van der Waals surface area (Å²) < 4.78 is 11.1. The Morgan fingerprint density at radius 3 is 2.48 bits per heavy atom. The van der Waals surface area contributed by atoms with Crippen molar-refractivity contribution in [2.45, 2.75) is 44.6 Å². The zero-order chi connectivity index (χ0) is 23.7. The number of ether oxygens (including phenoxy) is 2. The molecule has 33 heavy (non-hydrogen) atoms. The monoisotopic (exact) mass is 465 g/mol. The molecule has 0 saturated heterocycles. The van der Waals surface area contributed by atoms with Crippen molar-refractivity contribution in [1.82, 2.24) is 5.32 Å². The molecule has 172 valence electrons. The molecule has 3 unspecified atom stereocenters. The summed E-state index contributed by atoms with van der Waals surface area (Å²) in [6, 6.07) is 15.1. The van der Waals surface area contributed by atoms with Crippen LogP contribution >= 0.6 is 11.6 Å². The highest BCUT2D eigenvalue weighted by atomic mass is 35.5. The van der Waals surface area contributed by atoms with Gasteiger partial charge in [-0.05, 0) is 49.6 Å². The summed E-state index contributed by atoms with van der Waals surface area (Å²) in [4.78, 5) is 26.7. The SMILES string of the molecule is C=C1NC2=C(C(=O)CC(c3ccccc3OC)C2)C(c2ccc(Cl)cc2)C1C(=O)OC(C)C. The largest absolute Gasteiger partial charge is 0.496 e. The number of Topliss-reactive ketones (excluding diaryl/α,β-unsaturated/α-hetero) is 1. The minimum atomic E-state index is -0.709. The van der Waals surface area contributed by atoms with Gasteiger partial charge in [0.05, 0.1) is 13.2 Å². The van der Waals surface area contributed by atoms with Crippen molar-refractivity contribution in [3.63, 3.8) is 0 Å². The number of rotatable bonds is 5. The average Bonchev–Trinajstić information content (AvgIpc) is 2.78. The molecule has 0 fully saturated rings. The number of carbonyl (C=O) groups excluding carboxylic acids is 2. The normalized spacial score (nSPS) is 22.6. The molecule has 5 nitrogen and oxygen atoms in total. The van der Waals surface area contributed by atoms with Crippen LogP contribution in [0.3, 0.4) is 0 Å². The van der Waals surface area contributed by atoms with E-state index in [1.807, 2.05) is 50.2 Å². The van der Waals surface area contributed by atoms with Gasteiger partial charge in [-0.15, -0.1) is 0 Å². The first-order valence-electron chi connectivity index (χ1n) is 11.1. The number of esters is 1. The molecule has 1 aliphatic carbocycles. The van der Waals surface area contributed by atoms with Crippen LogP contribution in [0.1, 0.15) is 49.7 Å². The standard InChI is InChI=1S/C27H28ClNO4/c1-15(2)33-27(31)24-16(3)29-21-13-18(20-7-5-6-8-23(20)32-4)14-22(30)26(21)25(24)17-9-11-19(28)12-10-17/h5-12,15,18,24-25,29H,3,13-14H2,1-2,4H3. The minimum Gasteiger partial charge on any atom is -0.496 e. The lowest BCUT2D eigenvalue weighted by atomic mass is 9.69. The van der Waals surface area contributed by atoms with Crippen LogP contribution in [0.25, 0.3) is 0 Å². The number of benzene rings is 2. The van der Waals surface area contributed by atoms with Crippen LogP contribution in [0.2, 0.25) is 5.02 Å². The van der Waals surface area contributed by atoms with Gasteiger partial charge in [-0.25, -0.2) is 0 Å². The van der Waals surface area contributed by atoms with Gasteiger partial charge < -0.3 is 14.8 Å². The number of halogens is 1. The first kappa shape index (κ1) is 23.1. The molecule has 1 aliphatic heterocycles. The maximum absolute atomic E-state index is 13.6. The summed E-state index contributed by atoms with van der Waals surface area (Å²) in [5.41, 5.74) is 3.80. The zero-order valence-corrected chi connectivity index (χ0v) is 19.8. The Morgan fingerprint density at radius 2 is 1.82 bits per heavy atom. The van der Waals surface area contributed by atoms with Gasteiger partial charge in [-0.3, -0.25) is 9.59 Å². The minimum absolute atomic E-state index is 0.00875. The van der Waals surface area contributed by atoms with Crippen LogP contribution in [0.15, 0.2) is 72.1 Å². The first-order valence-corrected chi connectivity index (χ1v) is 11.5. The molecular formula is C27H28ClNO4. The van der Waals surface area contributed by atoms with E-state index in [-0.39, 0.29) is 17.8 Å². The van der Waals surface area contributed by atoms with E-state index in [4.69, 9.17) is 21.1 Å². The van der Waals surface area contributed by atoms with E-state index in [1.54, 1.807) is 19.2 Å². The fourth-order valence-corrected chi connectivity index (χ4v) is 5.01. The predicted octanol–water partition coefficient (Wildman–Crippen LogP) is 5.52. The molecule has 3 atom stereocenters. The summed E-state index contributed by atoms with van der Waals surface area (Å²) >= 11 is 6.12. The number of methoxy groups -OCH3 is 1. The summed E-state index contributed by atoms with van der Waals surface area (Å²) in [6.45, 7) is 7.77. The third-order valence-corrected chi connectivity index (χ3v) is 6.50. The second-order valence-electron chi connectivity index (χ2n) is 8.81. The van der Waals surface area contributed by atoms with E-state index >= 15 is 0 Å². The third-order valence-electron chi connectivity index (χ3n) is 6.25. The van der Waals surface area contributed by atoms with Crippen molar-refractivity contribution in [2.24, 2.45) is 5.92 Å². The number of nitrogens with one attached hydrogen (secondary N) is 1. The number of para-hydroxylation sites is 1. The Hall–Kier alpha value is -3.05. The summed E-state index contributed by atoms with van der Waals surface area (Å²) in [7, 11) is 1.64. The highest BCUT2D eigenvalue weighted by Crippen LogP contribution is 2.48. The van der Waals surface area contributed by atoms with Gasteiger partial charge in [-0.1, -0.05) is 48.5 Å². The molecule has 2 aliphatic rings. The molecule has 0 aromatic heterocycles. The van der Waals surface area contributed by atoms with Gasteiger partial charge in [0.2, 0.25) is 0 Å². The Balaban J connectivity index is 1.79. The Morgan fingerprint density at radius 1 is 1.12 bits per heavy atom. The lowest BCUT2D eigenvalue weighted by Gasteiger charge is -2.40. The number of ketones is 1. The van der Waals surface area contributed by atoms with Crippen LogP contribution < -0.4 is 10.1 Å². The molecule has 2 aromatic rings. The fourth-order valence-electron chi connectivity index (χ4n) is 4.89. The summed E-state index contributed by atoms with van der Waals surface area (Å²) in [5.74, 6) is -0.843. The fraction of sp³-hybridized carbons (Fsp3) is 0.333. The molecule has 2 aromatic carbocycles. The number of hydrogen-bond donors (Lipinski definition) is 1. The van der Waals surface area contributed by atoms with Gasteiger partial charge in [0.15, 0.2) is 5.78 Å². The lowest BCUT2D eigenvalue weighted by Crippen LogP contribution is -2.42. The Labute approximate surface area is 199 Å². The van der Waals surface area contributed by atoms with Gasteiger partial charge in [0, 0.05) is 40.2 Å². The molecule has 0 bridgehead atoms. The van der Waals surface area contributed by atoms with E-state index in [0.717, 1.165) is 22.6 Å². The lowest BCUT2D eigenvalue weighted by molar-refractivity contribution is -0.151.